The molecule has 0 saturated carbocycles. The molecule has 0 radical (unpaired) electrons. The summed E-state index contributed by atoms with van der Waals surface area (Å²) in [6.07, 6.45) is 1.73. The Bertz CT molecular complexity index is 1120. The Balaban J connectivity index is 1.78. The second-order valence-corrected chi connectivity index (χ2v) is 6.22. The molecule has 6 heteroatoms. The van der Waals surface area contributed by atoms with E-state index in [4.69, 9.17) is 16.3 Å². The number of halogens is 2. The number of methoxy groups -OCH3 is 1. The summed E-state index contributed by atoms with van der Waals surface area (Å²) >= 11 is 6.21. The number of rotatable bonds is 3. The first-order chi connectivity index (χ1) is 12.6. The Kier molecular flexibility index (Phi) is 4.01. The topological polar surface area (TPSA) is 47.3 Å². The van der Waals surface area contributed by atoms with Crippen LogP contribution in [-0.2, 0) is 0 Å². The number of hydrogen-bond acceptors (Lipinski definition) is 3. The van der Waals surface area contributed by atoms with Crippen LogP contribution >= 0.6 is 11.6 Å². The van der Waals surface area contributed by atoms with Crippen LogP contribution < -0.4 is 4.74 Å². The number of aromatic nitrogens is 2. The lowest BCUT2D eigenvalue weighted by Gasteiger charge is -2.08. The Morgan fingerprint density at radius 3 is 2.54 bits per heavy atom. The fourth-order valence-electron chi connectivity index (χ4n) is 2.90. The molecular weight excluding hydrogens is 355 g/mol. The molecule has 4 aromatic rings. The van der Waals surface area contributed by atoms with Gasteiger partial charge in [0.2, 0.25) is 0 Å². The Labute approximate surface area is 154 Å². The third-order valence-corrected chi connectivity index (χ3v) is 4.52. The Hall–Kier alpha value is -3.05. The van der Waals surface area contributed by atoms with E-state index in [1.54, 1.807) is 24.1 Å². The van der Waals surface area contributed by atoms with Gasteiger partial charge in [-0.1, -0.05) is 23.7 Å². The van der Waals surface area contributed by atoms with Crippen LogP contribution in [0.5, 0.6) is 11.5 Å². The van der Waals surface area contributed by atoms with Gasteiger partial charge >= 0.3 is 0 Å². The minimum absolute atomic E-state index is 0.407. The lowest BCUT2D eigenvalue weighted by atomic mass is 10.0. The van der Waals surface area contributed by atoms with Crippen molar-refractivity contribution >= 4 is 22.5 Å². The van der Waals surface area contributed by atoms with Crippen molar-refractivity contribution in [1.29, 1.82) is 0 Å². The van der Waals surface area contributed by atoms with Crippen LogP contribution in [0.2, 0.25) is 5.02 Å². The highest BCUT2D eigenvalue weighted by Crippen LogP contribution is 2.32. The second kappa shape index (κ2) is 6.35. The summed E-state index contributed by atoms with van der Waals surface area (Å²) in [5.41, 5.74) is 3.38. The van der Waals surface area contributed by atoms with E-state index < -0.39 is 11.6 Å². The zero-order valence-electron chi connectivity index (χ0n) is 13.8. The number of phenolic OH excluding ortho intramolecular Hbond substituents is 1. The molecule has 0 aliphatic heterocycles. The van der Waals surface area contributed by atoms with Crippen molar-refractivity contribution in [2.75, 3.05) is 7.11 Å². The number of aromatic hydroxyl groups is 1. The molecule has 0 spiro atoms. The van der Waals surface area contributed by atoms with Gasteiger partial charge in [-0.05, 0) is 47.5 Å². The Morgan fingerprint density at radius 1 is 1.04 bits per heavy atom. The third-order valence-electron chi connectivity index (χ3n) is 4.23. The van der Waals surface area contributed by atoms with Gasteiger partial charge in [0, 0.05) is 11.5 Å². The number of fused-ring (bicyclic) bond motifs is 1. The molecule has 0 fully saturated rings. The fourth-order valence-corrected chi connectivity index (χ4v) is 3.15. The van der Waals surface area contributed by atoms with Gasteiger partial charge < -0.3 is 9.84 Å². The van der Waals surface area contributed by atoms with Gasteiger partial charge in [0.05, 0.1) is 29.5 Å². The van der Waals surface area contributed by atoms with E-state index in [1.807, 2.05) is 36.4 Å². The third kappa shape index (κ3) is 2.76. The maximum atomic E-state index is 13.3. The summed E-state index contributed by atoms with van der Waals surface area (Å²) in [6.45, 7) is 0. The summed E-state index contributed by atoms with van der Waals surface area (Å²) in [6, 6.07) is 15.6. The van der Waals surface area contributed by atoms with Gasteiger partial charge in [-0.15, -0.1) is 0 Å². The van der Waals surface area contributed by atoms with E-state index in [9.17, 15) is 9.50 Å². The monoisotopic (exact) mass is 368 g/mol. The van der Waals surface area contributed by atoms with Crippen molar-refractivity contribution in [1.82, 2.24) is 9.78 Å². The lowest BCUT2D eigenvalue weighted by molar-refractivity contribution is 0.415. The molecule has 0 amide bonds. The summed E-state index contributed by atoms with van der Waals surface area (Å²) < 4.78 is 20.1. The summed E-state index contributed by atoms with van der Waals surface area (Å²) in [5, 5.41) is 15.4. The summed E-state index contributed by atoms with van der Waals surface area (Å²) in [5.74, 6) is -0.444. The molecule has 3 aromatic carbocycles. The van der Waals surface area contributed by atoms with Crippen molar-refractivity contribution in [3.8, 4) is 28.3 Å². The fraction of sp³-hybridized carbons (Fsp3) is 0.0500. The zero-order valence-corrected chi connectivity index (χ0v) is 14.5. The van der Waals surface area contributed by atoms with Crippen molar-refractivity contribution < 1.29 is 14.2 Å². The average Bonchev–Trinajstić information content (AvgIpc) is 3.07. The largest absolute Gasteiger partial charge is 0.505 e. The molecule has 26 heavy (non-hydrogen) atoms. The van der Waals surface area contributed by atoms with Gasteiger partial charge in [0.15, 0.2) is 11.6 Å². The Morgan fingerprint density at radius 2 is 1.81 bits per heavy atom. The van der Waals surface area contributed by atoms with Gasteiger partial charge in [0.1, 0.15) is 5.75 Å². The first-order valence-corrected chi connectivity index (χ1v) is 8.25. The average molecular weight is 369 g/mol. The predicted molar refractivity (Wildman–Crippen MR) is 99.7 cm³/mol. The number of nitrogens with zero attached hydrogens (tertiary/aromatic N) is 2. The van der Waals surface area contributed by atoms with Crippen LogP contribution in [0.4, 0.5) is 4.39 Å². The molecule has 1 aromatic heterocycles. The molecule has 1 heterocycles. The molecule has 0 bridgehead atoms. The zero-order chi connectivity index (χ0) is 18.3. The number of ether oxygens (including phenoxy) is 1. The second-order valence-electron chi connectivity index (χ2n) is 5.82. The number of phenols is 1. The first-order valence-electron chi connectivity index (χ1n) is 7.87. The molecule has 0 aliphatic rings. The maximum absolute atomic E-state index is 13.3. The van der Waals surface area contributed by atoms with Crippen LogP contribution in [0.1, 0.15) is 0 Å². The molecule has 4 nitrogen and oxygen atoms in total. The van der Waals surface area contributed by atoms with Crippen molar-refractivity contribution in [3.05, 3.63) is 71.6 Å². The molecule has 130 valence electrons. The van der Waals surface area contributed by atoms with Crippen LogP contribution in [0.25, 0.3) is 27.7 Å². The van der Waals surface area contributed by atoms with Crippen molar-refractivity contribution in [2.45, 2.75) is 0 Å². The maximum Gasteiger partial charge on any atom is 0.164 e. The minimum Gasteiger partial charge on any atom is -0.505 e. The van der Waals surface area contributed by atoms with Gasteiger partial charge in [0.25, 0.3) is 0 Å². The predicted octanol–water partition coefficient (Wildman–Crippen LogP) is 5.20. The smallest absolute Gasteiger partial charge is 0.164 e. The molecule has 4 rings (SSSR count). The minimum atomic E-state index is -0.663. The van der Waals surface area contributed by atoms with E-state index in [1.165, 1.54) is 12.1 Å². The van der Waals surface area contributed by atoms with E-state index in [0.29, 0.717) is 16.5 Å². The highest BCUT2D eigenvalue weighted by molar-refractivity contribution is 6.32. The van der Waals surface area contributed by atoms with Crippen LogP contribution in [0.15, 0.2) is 60.8 Å². The molecule has 0 atom stereocenters. The lowest BCUT2D eigenvalue weighted by Crippen LogP contribution is -1.96. The molecule has 1 N–H and O–H groups in total. The molecular formula is C20H14ClFN2O2. The normalized spacial score (nSPS) is 11.0. The van der Waals surface area contributed by atoms with Crippen LogP contribution in [-0.4, -0.2) is 22.0 Å². The summed E-state index contributed by atoms with van der Waals surface area (Å²) in [4.78, 5) is 0. The quantitative estimate of drug-likeness (QED) is 0.540. The van der Waals surface area contributed by atoms with Gasteiger partial charge in [-0.25, -0.2) is 9.07 Å². The van der Waals surface area contributed by atoms with E-state index in [-0.39, 0.29) is 0 Å². The van der Waals surface area contributed by atoms with Gasteiger partial charge in [-0.2, -0.15) is 5.10 Å². The molecule has 0 aliphatic carbocycles. The van der Waals surface area contributed by atoms with Crippen LogP contribution in [0.3, 0.4) is 0 Å². The highest BCUT2D eigenvalue weighted by atomic mass is 35.5. The van der Waals surface area contributed by atoms with E-state index in [0.717, 1.165) is 22.0 Å². The van der Waals surface area contributed by atoms with E-state index in [2.05, 4.69) is 5.10 Å². The summed E-state index contributed by atoms with van der Waals surface area (Å²) in [7, 11) is 1.58. The molecule has 0 saturated heterocycles. The van der Waals surface area contributed by atoms with Crippen LogP contribution in [0, 0.1) is 5.82 Å². The standard InChI is InChI=1S/C20H14ClFN2O2/c1-26-20-7-3-13(9-16(20)21)12-2-6-18-14(8-12)11-23-24(18)15-4-5-17(22)19(25)10-15/h2-11,25H,1H3. The van der Waals surface area contributed by atoms with Crippen molar-refractivity contribution in [3.63, 3.8) is 0 Å². The first kappa shape index (κ1) is 16.4. The van der Waals surface area contributed by atoms with Crippen molar-refractivity contribution in [2.24, 2.45) is 0 Å². The SMILES string of the molecule is COc1ccc(-c2ccc3c(cnn3-c3ccc(F)c(O)c3)c2)cc1Cl. The molecule has 0 unspecified atom stereocenters. The number of benzene rings is 3. The van der Waals surface area contributed by atoms with Gasteiger partial charge in [-0.3, -0.25) is 0 Å². The highest BCUT2D eigenvalue weighted by Gasteiger charge is 2.10. The number of hydrogen-bond donors (Lipinski definition) is 1. The van der Waals surface area contributed by atoms with E-state index >= 15 is 0 Å².